The molecule has 0 radical (unpaired) electrons. The van der Waals surface area contributed by atoms with Crippen molar-refractivity contribution < 1.29 is 9.59 Å². The third kappa shape index (κ3) is 8.06. The van der Waals surface area contributed by atoms with Crippen LogP contribution >= 0.6 is 35.0 Å². The maximum absolute atomic E-state index is 13.1. The van der Waals surface area contributed by atoms with Gasteiger partial charge in [-0.3, -0.25) is 9.59 Å². The lowest BCUT2D eigenvalue weighted by atomic mass is 10.1. The first-order valence-corrected chi connectivity index (χ1v) is 12.2. The van der Waals surface area contributed by atoms with E-state index in [1.165, 1.54) is 17.3 Å². The minimum absolute atomic E-state index is 0.125. The maximum Gasteiger partial charge on any atom is 0.242 e. The molecule has 0 aromatic heterocycles. The number of nitrogens with one attached hydrogen (secondary N) is 1. The summed E-state index contributed by atoms with van der Waals surface area (Å²) in [5.74, 6) is 0.996. The lowest BCUT2D eigenvalue weighted by Gasteiger charge is -2.29. The first-order chi connectivity index (χ1) is 14.7. The monoisotopic (exact) mass is 480 g/mol. The number of thioether (sulfide) groups is 1. The Kier molecular flexibility index (Phi) is 10.2. The lowest BCUT2D eigenvalue weighted by molar-refractivity contribution is -0.138. The van der Waals surface area contributed by atoms with Gasteiger partial charge >= 0.3 is 0 Å². The van der Waals surface area contributed by atoms with Crippen molar-refractivity contribution in [3.63, 3.8) is 0 Å². The molecule has 2 aromatic rings. The van der Waals surface area contributed by atoms with Crippen LogP contribution in [0.5, 0.6) is 0 Å². The van der Waals surface area contributed by atoms with E-state index in [4.69, 9.17) is 23.2 Å². The van der Waals surface area contributed by atoms with Crippen molar-refractivity contribution in [2.24, 2.45) is 5.92 Å². The quantitative estimate of drug-likeness (QED) is 0.472. The minimum Gasteiger partial charge on any atom is -0.354 e. The Morgan fingerprint density at radius 1 is 1.03 bits per heavy atom. The largest absolute Gasteiger partial charge is 0.354 e. The molecule has 0 bridgehead atoms. The van der Waals surface area contributed by atoms with Crippen LogP contribution in [-0.2, 0) is 21.9 Å². The predicted octanol–water partition coefficient (Wildman–Crippen LogP) is 5.72. The van der Waals surface area contributed by atoms with Gasteiger partial charge in [0.2, 0.25) is 11.8 Å². The SMILES string of the molecule is Cc1ccc(CSCC(=O)N(Cc2c(Cl)cccc2Cl)C(C)C(=O)NCC(C)C)cc1. The van der Waals surface area contributed by atoms with Crippen molar-refractivity contribution in [3.8, 4) is 0 Å². The molecule has 0 aliphatic carbocycles. The first-order valence-electron chi connectivity index (χ1n) is 10.3. The molecule has 0 fully saturated rings. The Morgan fingerprint density at radius 3 is 2.23 bits per heavy atom. The molecule has 0 heterocycles. The van der Waals surface area contributed by atoms with Gasteiger partial charge in [0.25, 0.3) is 0 Å². The number of benzene rings is 2. The number of carbonyl (C=O) groups is 2. The van der Waals surface area contributed by atoms with Crippen LogP contribution in [0.25, 0.3) is 0 Å². The Labute approximate surface area is 199 Å². The third-order valence-corrected chi connectivity index (χ3v) is 6.55. The first kappa shape index (κ1) is 25.6. The van der Waals surface area contributed by atoms with Gasteiger partial charge in [-0.1, -0.05) is 72.9 Å². The maximum atomic E-state index is 13.1. The summed E-state index contributed by atoms with van der Waals surface area (Å²) in [6.45, 7) is 8.57. The summed E-state index contributed by atoms with van der Waals surface area (Å²) >= 11 is 14.2. The molecule has 0 aliphatic rings. The van der Waals surface area contributed by atoms with Crippen LogP contribution in [0.15, 0.2) is 42.5 Å². The molecule has 7 heteroatoms. The van der Waals surface area contributed by atoms with Gasteiger partial charge in [-0.05, 0) is 37.5 Å². The summed E-state index contributed by atoms with van der Waals surface area (Å²) in [6.07, 6.45) is 0. The molecule has 1 unspecified atom stereocenters. The standard InChI is InChI=1S/C24H30Cl2N2O2S/c1-16(2)12-27-24(30)18(4)28(13-20-21(25)6-5-7-22(20)26)23(29)15-31-14-19-10-8-17(3)9-11-19/h5-11,16,18H,12-15H2,1-4H3,(H,27,30). The average Bonchev–Trinajstić information content (AvgIpc) is 2.72. The van der Waals surface area contributed by atoms with E-state index in [2.05, 4.69) is 29.6 Å². The molecule has 31 heavy (non-hydrogen) atoms. The fraction of sp³-hybridized carbons (Fsp3) is 0.417. The summed E-state index contributed by atoms with van der Waals surface area (Å²) in [5, 5.41) is 3.87. The van der Waals surface area contributed by atoms with Crippen LogP contribution < -0.4 is 5.32 Å². The Morgan fingerprint density at radius 2 is 1.65 bits per heavy atom. The number of carbonyl (C=O) groups excluding carboxylic acids is 2. The zero-order valence-electron chi connectivity index (χ0n) is 18.5. The van der Waals surface area contributed by atoms with Gasteiger partial charge in [0.1, 0.15) is 6.04 Å². The zero-order valence-corrected chi connectivity index (χ0v) is 20.8. The lowest BCUT2D eigenvalue weighted by Crippen LogP contribution is -2.48. The molecule has 2 aromatic carbocycles. The van der Waals surface area contributed by atoms with Crippen molar-refractivity contribution >= 4 is 46.8 Å². The second kappa shape index (κ2) is 12.4. The molecular formula is C24H30Cl2N2O2S. The number of rotatable bonds is 10. The van der Waals surface area contributed by atoms with E-state index in [1.807, 2.05) is 20.8 Å². The molecule has 2 amide bonds. The molecular weight excluding hydrogens is 451 g/mol. The highest BCUT2D eigenvalue weighted by molar-refractivity contribution is 7.99. The average molecular weight is 481 g/mol. The number of halogens is 2. The molecule has 4 nitrogen and oxygen atoms in total. The molecule has 2 rings (SSSR count). The zero-order chi connectivity index (χ0) is 23.0. The number of nitrogens with zero attached hydrogens (tertiary/aromatic N) is 1. The van der Waals surface area contributed by atoms with E-state index in [0.29, 0.717) is 28.1 Å². The fourth-order valence-electron chi connectivity index (χ4n) is 2.91. The van der Waals surface area contributed by atoms with Crippen LogP contribution in [0, 0.1) is 12.8 Å². The molecule has 1 N–H and O–H groups in total. The normalized spacial score (nSPS) is 12.0. The topological polar surface area (TPSA) is 49.4 Å². The Balaban J connectivity index is 2.12. The Hall–Kier alpha value is -1.69. The molecule has 1 atom stereocenters. The van der Waals surface area contributed by atoms with Gasteiger partial charge < -0.3 is 10.2 Å². The van der Waals surface area contributed by atoms with Crippen molar-refractivity contribution in [3.05, 3.63) is 69.2 Å². The van der Waals surface area contributed by atoms with E-state index < -0.39 is 6.04 Å². The molecule has 0 spiro atoms. The highest BCUT2D eigenvalue weighted by Gasteiger charge is 2.27. The van der Waals surface area contributed by atoms with Gasteiger partial charge in [-0.25, -0.2) is 0 Å². The van der Waals surface area contributed by atoms with E-state index in [9.17, 15) is 9.59 Å². The molecule has 0 saturated carbocycles. The van der Waals surface area contributed by atoms with Crippen LogP contribution in [0.1, 0.15) is 37.5 Å². The number of hydrogen-bond donors (Lipinski definition) is 1. The smallest absolute Gasteiger partial charge is 0.242 e. The van der Waals surface area contributed by atoms with Gasteiger partial charge in [0.05, 0.1) is 5.75 Å². The summed E-state index contributed by atoms with van der Waals surface area (Å²) < 4.78 is 0. The predicted molar refractivity (Wildman–Crippen MR) is 132 cm³/mol. The fourth-order valence-corrected chi connectivity index (χ4v) is 4.30. The van der Waals surface area contributed by atoms with Crippen LogP contribution in [-0.4, -0.2) is 35.1 Å². The van der Waals surface area contributed by atoms with Crippen molar-refractivity contribution in [2.75, 3.05) is 12.3 Å². The second-order valence-electron chi connectivity index (χ2n) is 8.02. The second-order valence-corrected chi connectivity index (χ2v) is 9.82. The highest BCUT2D eigenvalue weighted by atomic mass is 35.5. The number of hydrogen-bond acceptors (Lipinski definition) is 3. The van der Waals surface area contributed by atoms with E-state index in [0.717, 1.165) is 11.3 Å². The molecule has 0 aliphatic heterocycles. The number of aryl methyl sites for hydroxylation is 1. The van der Waals surface area contributed by atoms with Crippen molar-refractivity contribution in [1.82, 2.24) is 10.2 Å². The Bertz CT molecular complexity index is 867. The summed E-state index contributed by atoms with van der Waals surface area (Å²) in [4.78, 5) is 27.4. The van der Waals surface area contributed by atoms with Gasteiger partial charge in [0, 0.05) is 34.5 Å². The summed E-state index contributed by atoms with van der Waals surface area (Å²) in [7, 11) is 0. The van der Waals surface area contributed by atoms with E-state index in [1.54, 1.807) is 30.0 Å². The van der Waals surface area contributed by atoms with Crippen molar-refractivity contribution in [2.45, 2.75) is 46.0 Å². The highest BCUT2D eigenvalue weighted by Crippen LogP contribution is 2.27. The molecule has 0 saturated heterocycles. The van der Waals surface area contributed by atoms with Gasteiger partial charge in [-0.2, -0.15) is 0 Å². The van der Waals surface area contributed by atoms with Crippen LogP contribution in [0.4, 0.5) is 0 Å². The summed E-state index contributed by atoms with van der Waals surface area (Å²) in [6, 6.07) is 12.8. The van der Waals surface area contributed by atoms with Gasteiger partial charge in [-0.15, -0.1) is 11.8 Å². The van der Waals surface area contributed by atoms with Gasteiger partial charge in [0.15, 0.2) is 0 Å². The third-order valence-electron chi connectivity index (χ3n) is 4.86. The van der Waals surface area contributed by atoms with Crippen LogP contribution in [0.3, 0.4) is 0 Å². The van der Waals surface area contributed by atoms with Crippen LogP contribution in [0.2, 0.25) is 10.0 Å². The van der Waals surface area contributed by atoms with E-state index in [-0.39, 0.29) is 24.1 Å². The van der Waals surface area contributed by atoms with E-state index >= 15 is 0 Å². The number of amides is 2. The molecule has 168 valence electrons. The van der Waals surface area contributed by atoms with Crippen molar-refractivity contribution in [1.29, 1.82) is 0 Å². The minimum atomic E-state index is -0.640. The summed E-state index contributed by atoms with van der Waals surface area (Å²) in [5.41, 5.74) is 3.01.